The summed E-state index contributed by atoms with van der Waals surface area (Å²) in [6.45, 7) is 0.210. The molecule has 10 heteroatoms. The Morgan fingerprint density at radius 3 is 2.30 bits per heavy atom. The average molecular weight is 322 g/mol. The zero-order valence-electron chi connectivity index (χ0n) is 12.1. The number of nitro groups is 2. The van der Waals surface area contributed by atoms with E-state index in [-0.39, 0.29) is 36.3 Å². The maximum atomic E-state index is 11.6. The van der Waals surface area contributed by atoms with Crippen LogP contribution >= 0.6 is 0 Å². The Bertz CT molecular complexity index is 658. The summed E-state index contributed by atoms with van der Waals surface area (Å²) in [5.74, 6) is -0.525. The number of piperidine rings is 1. The molecule has 1 aliphatic rings. The molecule has 1 aliphatic heterocycles. The van der Waals surface area contributed by atoms with Gasteiger partial charge in [-0.15, -0.1) is 0 Å². The van der Waals surface area contributed by atoms with E-state index in [1.165, 1.54) is 6.07 Å². The van der Waals surface area contributed by atoms with Gasteiger partial charge in [-0.3, -0.25) is 34.7 Å². The predicted octanol–water partition coefficient (Wildman–Crippen LogP) is 1.45. The third kappa shape index (κ3) is 3.78. The molecule has 0 bridgehead atoms. The van der Waals surface area contributed by atoms with E-state index in [9.17, 15) is 29.8 Å². The molecule has 0 spiro atoms. The Morgan fingerprint density at radius 1 is 1.09 bits per heavy atom. The lowest BCUT2D eigenvalue weighted by Gasteiger charge is -2.24. The summed E-state index contributed by atoms with van der Waals surface area (Å²) < 4.78 is 0. The van der Waals surface area contributed by atoms with Gasteiger partial charge in [0.2, 0.25) is 11.8 Å². The summed E-state index contributed by atoms with van der Waals surface area (Å²) in [6, 6.07) is 3.24. The fraction of sp³-hybridized carbons (Fsp3) is 0.385. The second-order valence-corrected chi connectivity index (χ2v) is 4.94. The number of likely N-dealkylation sites (tertiary alicyclic amines) is 1. The van der Waals surface area contributed by atoms with Crippen LogP contribution in [0.1, 0.15) is 19.3 Å². The molecule has 0 unspecified atom stereocenters. The van der Waals surface area contributed by atoms with Crippen molar-refractivity contribution in [1.82, 2.24) is 4.90 Å². The number of imide groups is 1. The summed E-state index contributed by atoms with van der Waals surface area (Å²) in [6.07, 6.45) is 1.16. The van der Waals surface area contributed by atoms with Crippen LogP contribution in [0.15, 0.2) is 18.2 Å². The minimum atomic E-state index is -0.730. The molecule has 1 aromatic carbocycles. The van der Waals surface area contributed by atoms with Crippen molar-refractivity contribution in [3.05, 3.63) is 38.4 Å². The second-order valence-electron chi connectivity index (χ2n) is 4.94. The minimum absolute atomic E-state index is 0.0891. The van der Waals surface area contributed by atoms with E-state index >= 15 is 0 Å². The van der Waals surface area contributed by atoms with Crippen LogP contribution in [0.4, 0.5) is 17.1 Å². The fourth-order valence-corrected chi connectivity index (χ4v) is 2.29. The largest absolute Gasteiger partial charge is 0.378 e. The normalized spacial score (nSPS) is 14.7. The van der Waals surface area contributed by atoms with Gasteiger partial charge in [0.1, 0.15) is 5.69 Å². The monoisotopic (exact) mass is 322 g/mol. The van der Waals surface area contributed by atoms with Gasteiger partial charge in [-0.1, -0.05) is 0 Å². The zero-order chi connectivity index (χ0) is 17.0. The molecule has 10 nitrogen and oxygen atoms in total. The Balaban J connectivity index is 2.05. The molecular formula is C13H14N4O6. The number of non-ortho nitro benzene ring substituents is 1. The molecule has 1 fully saturated rings. The lowest BCUT2D eigenvalue weighted by molar-refractivity contribution is -0.393. The molecular weight excluding hydrogens is 308 g/mol. The number of benzene rings is 1. The van der Waals surface area contributed by atoms with Gasteiger partial charge in [-0.2, -0.15) is 0 Å². The van der Waals surface area contributed by atoms with Crippen LogP contribution in [0.2, 0.25) is 0 Å². The molecule has 0 radical (unpaired) electrons. The number of amides is 2. The molecule has 2 amide bonds. The average Bonchev–Trinajstić information content (AvgIpc) is 2.50. The quantitative estimate of drug-likeness (QED) is 0.475. The van der Waals surface area contributed by atoms with E-state index in [0.717, 1.165) is 17.0 Å². The number of nitrogens with zero attached hydrogens (tertiary/aromatic N) is 3. The number of nitro benzene ring substituents is 2. The first-order valence-electron chi connectivity index (χ1n) is 6.90. The van der Waals surface area contributed by atoms with Crippen molar-refractivity contribution in [1.29, 1.82) is 0 Å². The highest BCUT2D eigenvalue weighted by Gasteiger charge is 2.25. The third-order valence-electron chi connectivity index (χ3n) is 3.42. The summed E-state index contributed by atoms with van der Waals surface area (Å²) >= 11 is 0. The first-order valence-corrected chi connectivity index (χ1v) is 6.90. The maximum Gasteiger partial charge on any atom is 0.299 e. The number of carbonyl (C=O) groups is 2. The van der Waals surface area contributed by atoms with E-state index in [0.29, 0.717) is 19.3 Å². The molecule has 1 aromatic rings. The third-order valence-corrected chi connectivity index (χ3v) is 3.42. The predicted molar refractivity (Wildman–Crippen MR) is 78.8 cm³/mol. The van der Waals surface area contributed by atoms with Gasteiger partial charge in [0, 0.05) is 32.0 Å². The minimum Gasteiger partial charge on any atom is -0.378 e. The van der Waals surface area contributed by atoms with Gasteiger partial charge < -0.3 is 5.32 Å². The smallest absolute Gasteiger partial charge is 0.299 e. The Labute approximate surface area is 130 Å². The molecule has 1 N–H and O–H groups in total. The SMILES string of the molecule is O=C1CCCC(=O)N1CCNc1ccc([N+](=O)[O-])cc1[N+](=O)[O-]. The van der Waals surface area contributed by atoms with E-state index in [4.69, 9.17) is 0 Å². The van der Waals surface area contributed by atoms with Crippen molar-refractivity contribution < 1.29 is 19.4 Å². The molecule has 0 atom stereocenters. The number of carbonyl (C=O) groups excluding carboxylic acids is 2. The topological polar surface area (TPSA) is 136 Å². The molecule has 0 saturated carbocycles. The standard InChI is InChI=1S/C13H14N4O6/c18-12-2-1-3-13(19)15(12)7-6-14-10-5-4-9(16(20)21)8-11(10)17(22)23/h4-5,8,14H,1-3,6-7H2. The lowest BCUT2D eigenvalue weighted by Crippen LogP contribution is -2.42. The van der Waals surface area contributed by atoms with E-state index in [1.54, 1.807) is 0 Å². The van der Waals surface area contributed by atoms with Gasteiger partial charge in [0.15, 0.2) is 0 Å². The maximum absolute atomic E-state index is 11.6. The van der Waals surface area contributed by atoms with Crippen molar-refractivity contribution in [3.8, 4) is 0 Å². The van der Waals surface area contributed by atoms with Crippen molar-refractivity contribution in [3.63, 3.8) is 0 Å². The van der Waals surface area contributed by atoms with Crippen LogP contribution < -0.4 is 5.32 Å². The van der Waals surface area contributed by atoms with Crippen molar-refractivity contribution in [2.24, 2.45) is 0 Å². The highest BCUT2D eigenvalue weighted by molar-refractivity contribution is 5.97. The number of nitrogens with one attached hydrogen (secondary N) is 1. The highest BCUT2D eigenvalue weighted by Crippen LogP contribution is 2.28. The summed E-state index contributed by atoms with van der Waals surface area (Å²) in [5, 5.41) is 24.4. The fourth-order valence-electron chi connectivity index (χ4n) is 2.29. The van der Waals surface area contributed by atoms with E-state index in [2.05, 4.69) is 5.32 Å². The van der Waals surface area contributed by atoms with Crippen LogP contribution in [0.3, 0.4) is 0 Å². The van der Waals surface area contributed by atoms with E-state index in [1.807, 2.05) is 0 Å². The van der Waals surface area contributed by atoms with E-state index < -0.39 is 15.5 Å². The summed E-state index contributed by atoms with van der Waals surface area (Å²) in [5.41, 5.74) is -0.725. The Morgan fingerprint density at radius 2 is 1.74 bits per heavy atom. The molecule has 0 aromatic heterocycles. The summed E-state index contributed by atoms with van der Waals surface area (Å²) in [4.78, 5) is 44.6. The van der Waals surface area contributed by atoms with Crippen LogP contribution in [0.5, 0.6) is 0 Å². The van der Waals surface area contributed by atoms with Gasteiger partial charge in [0.25, 0.3) is 11.4 Å². The summed E-state index contributed by atoms with van der Waals surface area (Å²) in [7, 11) is 0. The van der Waals surface area contributed by atoms with Crippen LogP contribution in [-0.4, -0.2) is 39.7 Å². The van der Waals surface area contributed by atoms with Gasteiger partial charge in [-0.25, -0.2) is 0 Å². The Hall–Kier alpha value is -3.04. The van der Waals surface area contributed by atoms with Crippen LogP contribution in [0.25, 0.3) is 0 Å². The lowest BCUT2D eigenvalue weighted by atomic mass is 10.1. The van der Waals surface area contributed by atoms with Crippen molar-refractivity contribution in [2.45, 2.75) is 19.3 Å². The van der Waals surface area contributed by atoms with Crippen LogP contribution in [0, 0.1) is 20.2 Å². The highest BCUT2D eigenvalue weighted by atomic mass is 16.6. The van der Waals surface area contributed by atoms with Gasteiger partial charge in [-0.05, 0) is 12.5 Å². The van der Waals surface area contributed by atoms with Gasteiger partial charge >= 0.3 is 0 Å². The first-order chi connectivity index (χ1) is 10.9. The number of anilines is 1. The number of hydrogen-bond acceptors (Lipinski definition) is 7. The number of hydrogen-bond donors (Lipinski definition) is 1. The first kappa shape index (κ1) is 16.3. The van der Waals surface area contributed by atoms with Crippen LogP contribution in [-0.2, 0) is 9.59 Å². The molecule has 1 heterocycles. The molecule has 2 rings (SSSR count). The molecule has 122 valence electrons. The number of rotatable bonds is 6. The molecule has 23 heavy (non-hydrogen) atoms. The molecule has 1 saturated heterocycles. The van der Waals surface area contributed by atoms with Crippen molar-refractivity contribution in [2.75, 3.05) is 18.4 Å². The zero-order valence-corrected chi connectivity index (χ0v) is 12.1. The second kappa shape index (κ2) is 6.81. The van der Waals surface area contributed by atoms with Crippen molar-refractivity contribution >= 4 is 28.9 Å². The Kier molecular flexibility index (Phi) is 4.84. The molecule has 0 aliphatic carbocycles. The van der Waals surface area contributed by atoms with Gasteiger partial charge in [0.05, 0.1) is 15.9 Å².